The van der Waals surface area contributed by atoms with Crippen molar-refractivity contribution in [1.29, 1.82) is 0 Å². The van der Waals surface area contributed by atoms with Crippen molar-refractivity contribution in [3.05, 3.63) is 23.5 Å². The first kappa shape index (κ1) is 14.3. The summed E-state index contributed by atoms with van der Waals surface area (Å²) < 4.78 is 40.3. The van der Waals surface area contributed by atoms with Gasteiger partial charge in [-0.2, -0.15) is 13.2 Å². The Morgan fingerprint density at radius 3 is 2.78 bits per heavy atom. The summed E-state index contributed by atoms with van der Waals surface area (Å²) in [6.45, 7) is 1.30. The Bertz CT molecular complexity index is 433. The quantitative estimate of drug-likeness (QED) is 0.668. The smallest absolute Gasteiger partial charge is 0.389 e. The van der Waals surface area contributed by atoms with Crippen molar-refractivity contribution in [2.75, 3.05) is 12.3 Å². The van der Waals surface area contributed by atoms with Gasteiger partial charge in [0.15, 0.2) is 0 Å². The van der Waals surface area contributed by atoms with Gasteiger partial charge in [0.05, 0.1) is 29.7 Å². The van der Waals surface area contributed by atoms with Crippen molar-refractivity contribution in [3.63, 3.8) is 0 Å². The minimum absolute atomic E-state index is 0.169. The topological polar surface area (TPSA) is 65.2 Å². The second-order valence-corrected chi connectivity index (χ2v) is 3.76. The second-order valence-electron chi connectivity index (χ2n) is 3.76. The van der Waals surface area contributed by atoms with Crippen LogP contribution in [0.5, 0.6) is 0 Å². The Kier molecular flexibility index (Phi) is 4.52. The van der Waals surface area contributed by atoms with Crippen LogP contribution in [0.25, 0.3) is 0 Å². The molecule has 0 aliphatic heterocycles. The third-order valence-corrected chi connectivity index (χ3v) is 2.17. The van der Waals surface area contributed by atoms with Gasteiger partial charge in [-0.15, -0.1) is 0 Å². The number of aromatic nitrogens is 1. The van der Waals surface area contributed by atoms with E-state index in [1.807, 2.05) is 0 Å². The monoisotopic (exact) mass is 262 g/mol. The first-order valence-electron chi connectivity index (χ1n) is 5.25. The predicted octanol–water partition coefficient (Wildman–Crippen LogP) is 2.47. The zero-order valence-electron chi connectivity index (χ0n) is 9.75. The number of hydrogen-bond acceptors (Lipinski definition) is 4. The summed E-state index contributed by atoms with van der Waals surface area (Å²) in [6, 6.07) is 1.38. The number of pyridine rings is 1. The summed E-state index contributed by atoms with van der Waals surface area (Å²) in [5.41, 5.74) is 6.34. The van der Waals surface area contributed by atoms with E-state index in [4.69, 9.17) is 10.5 Å². The lowest BCUT2D eigenvalue weighted by Gasteiger charge is -2.08. The van der Waals surface area contributed by atoms with E-state index in [-0.39, 0.29) is 18.6 Å². The Morgan fingerprint density at radius 2 is 2.17 bits per heavy atom. The third kappa shape index (κ3) is 4.60. The van der Waals surface area contributed by atoms with Crippen LogP contribution >= 0.6 is 0 Å². The highest BCUT2D eigenvalue weighted by atomic mass is 19.4. The van der Waals surface area contributed by atoms with Gasteiger partial charge in [-0.05, 0) is 19.4 Å². The number of hydrogen-bond donors (Lipinski definition) is 1. The van der Waals surface area contributed by atoms with Gasteiger partial charge >= 0.3 is 12.1 Å². The number of carbonyl (C=O) groups is 1. The number of carbonyl (C=O) groups excluding carboxylic acids is 1. The molecular weight excluding hydrogens is 249 g/mol. The Hall–Kier alpha value is -1.79. The number of rotatable bonds is 4. The fraction of sp³-hybridized carbons (Fsp3) is 0.455. The highest BCUT2D eigenvalue weighted by Crippen LogP contribution is 2.21. The molecule has 1 aromatic heterocycles. The van der Waals surface area contributed by atoms with Gasteiger partial charge in [0.1, 0.15) is 0 Å². The molecule has 100 valence electrons. The third-order valence-electron chi connectivity index (χ3n) is 2.17. The van der Waals surface area contributed by atoms with Crippen molar-refractivity contribution < 1.29 is 22.7 Å². The molecule has 0 spiro atoms. The molecule has 4 nitrogen and oxygen atoms in total. The molecular formula is C11H13F3N2O2. The molecule has 0 aromatic carbocycles. The highest BCUT2D eigenvalue weighted by Gasteiger charge is 2.26. The minimum atomic E-state index is -4.24. The maximum atomic E-state index is 11.9. The van der Waals surface area contributed by atoms with E-state index >= 15 is 0 Å². The number of nitrogens with two attached hydrogens (primary N) is 1. The number of ether oxygens (including phenoxy) is 1. The first-order chi connectivity index (χ1) is 8.29. The van der Waals surface area contributed by atoms with E-state index in [9.17, 15) is 18.0 Å². The largest absolute Gasteiger partial charge is 0.462 e. The molecule has 0 unspecified atom stereocenters. The van der Waals surface area contributed by atoms with Crippen molar-refractivity contribution >= 4 is 11.7 Å². The molecule has 0 saturated carbocycles. The molecule has 0 amide bonds. The van der Waals surface area contributed by atoms with Gasteiger partial charge in [0.25, 0.3) is 0 Å². The Labute approximate surface area is 102 Å². The molecule has 1 aromatic rings. The number of nitrogens with zero attached hydrogens (tertiary/aromatic N) is 1. The standard InChI is InChI=1S/C11H13F3N2O2/c1-7-9(5-8(15)6-16-7)10(17)18-4-2-3-11(12,13)14/h5-6H,2-4,15H2,1H3. The van der Waals surface area contributed by atoms with E-state index in [1.54, 1.807) is 6.92 Å². The van der Waals surface area contributed by atoms with Crippen LogP contribution in [0.2, 0.25) is 0 Å². The summed E-state index contributed by atoms with van der Waals surface area (Å²) >= 11 is 0. The fourth-order valence-electron chi connectivity index (χ4n) is 1.27. The number of anilines is 1. The van der Waals surface area contributed by atoms with Crippen molar-refractivity contribution in [1.82, 2.24) is 4.98 Å². The lowest BCUT2D eigenvalue weighted by molar-refractivity contribution is -0.137. The Morgan fingerprint density at radius 1 is 1.50 bits per heavy atom. The van der Waals surface area contributed by atoms with Crippen LogP contribution in [0.1, 0.15) is 28.9 Å². The van der Waals surface area contributed by atoms with Gasteiger partial charge in [-0.1, -0.05) is 0 Å². The molecule has 0 aliphatic carbocycles. The highest BCUT2D eigenvalue weighted by molar-refractivity contribution is 5.91. The number of alkyl halides is 3. The molecule has 1 rings (SSSR count). The van der Waals surface area contributed by atoms with Crippen LogP contribution in [0.3, 0.4) is 0 Å². The van der Waals surface area contributed by atoms with E-state index in [2.05, 4.69) is 4.98 Å². The van der Waals surface area contributed by atoms with Gasteiger partial charge < -0.3 is 10.5 Å². The van der Waals surface area contributed by atoms with Gasteiger partial charge in [-0.25, -0.2) is 4.79 Å². The zero-order chi connectivity index (χ0) is 13.8. The lowest BCUT2D eigenvalue weighted by atomic mass is 10.2. The van der Waals surface area contributed by atoms with Crippen LogP contribution in [0, 0.1) is 6.92 Å². The normalized spacial score (nSPS) is 11.3. The number of halogens is 3. The van der Waals surface area contributed by atoms with E-state index in [0.29, 0.717) is 11.4 Å². The van der Waals surface area contributed by atoms with Crippen LogP contribution < -0.4 is 5.73 Å². The summed E-state index contributed by atoms with van der Waals surface area (Å²) in [5, 5.41) is 0. The summed E-state index contributed by atoms with van der Waals surface area (Å²) in [6.07, 6.45) is -4.09. The van der Waals surface area contributed by atoms with Crippen molar-refractivity contribution in [2.24, 2.45) is 0 Å². The lowest BCUT2D eigenvalue weighted by Crippen LogP contribution is -2.13. The molecule has 0 radical (unpaired) electrons. The molecule has 18 heavy (non-hydrogen) atoms. The van der Waals surface area contributed by atoms with Crippen LogP contribution in [-0.2, 0) is 4.74 Å². The molecule has 0 atom stereocenters. The number of nitrogen functional groups attached to an aromatic ring is 1. The first-order valence-corrected chi connectivity index (χ1v) is 5.25. The van der Waals surface area contributed by atoms with Crippen molar-refractivity contribution in [3.8, 4) is 0 Å². The second kappa shape index (κ2) is 5.70. The van der Waals surface area contributed by atoms with Gasteiger partial charge in [-0.3, -0.25) is 4.98 Å². The van der Waals surface area contributed by atoms with E-state index in [0.717, 1.165) is 0 Å². The number of esters is 1. The molecule has 2 N–H and O–H groups in total. The molecule has 0 fully saturated rings. The van der Waals surface area contributed by atoms with Crippen molar-refractivity contribution in [2.45, 2.75) is 25.9 Å². The predicted molar refractivity (Wildman–Crippen MR) is 59.0 cm³/mol. The summed E-state index contributed by atoms with van der Waals surface area (Å²) in [5.74, 6) is -0.713. The summed E-state index contributed by atoms with van der Waals surface area (Å²) in [7, 11) is 0. The number of aryl methyl sites for hydroxylation is 1. The van der Waals surface area contributed by atoms with Crippen LogP contribution in [0.4, 0.5) is 18.9 Å². The zero-order valence-corrected chi connectivity index (χ0v) is 9.75. The minimum Gasteiger partial charge on any atom is -0.462 e. The van der Waals surface area contributed by atoms with E-state index in [1.165, 1.54) is 12.3 Å². The molecule has 7 heteroatoms. The Balaban J connectivity index is 2.48. The van der Waals surface area contributed by atoms with Gasteiger partial charge in [0, 0.05) is 6.42 Å². The maximum absolute atomic E-state index is 11.9. The SMILES string of the molecule is Cc1ncc(N)cc1C(=O)OCCCC(F)(F)F. The van der Waals surface area contributed by atoms with E-state index < -0.39 is 18.6 Å². The average molecular weight is 262 g/mol. The molecule has 0 saturated heterocycles. The fourth-order valence-corrected chi connectivity index (χ4v) is 1.27. The van der Waals surface area contributed by atoms with Crippen LogP contribution in [0.15, 0.2) is 12.3 Å². The summed E-state index contributed by atoms with van der Waals surface area (Å²) in [4.78, 5) is 15.4. The average Bonchev–Trinajstić information content (AvgIpc) is 2.26. The molecule has 0 aliphatic rings. The van der Waals surface area contributed by atoms with Crippen LogP contribution in [-0.4, -0.2) is 23.7 Å². The maximum Gasteiger partial charge on any atom is 0.389 e. The molecule has 1 heterocycles. The van der Waals surface area contributed by atoms with Gasteiger partial charge in [0.2, 0.25) is 0 Å². The molecule has 0 bridgehead atoms.